The molecule has 0 aliphatic rings. The second-order valence-corrected chi connectivity index (χ2v) is 7.44. The molecule has 0 aliphatic carbocycles. The molecule has 1 aromatic carbocycles. The summed E-state index contributed by atoms with van der Waals surface area (Å²) in [5.74, 6) is 1.34. The molecule has 0 spiro atoms. The summed E-state index contributed by atoms with van der Waals surface area (Å²) in [5.41, 5.74) is 3.23. The summed E-state index contributed by atoms with van der Waals surface area (Å²) in [6.07, 6.45) is -4.36. The first kappa shape index (κ1) is 20.3. The number of aromatic nitrogens is 2. The topological polar surface area (TPSA) is 51.4 Å². The number of nitrogens with zero attached hydrogens (tertiary/aromatic N) is 3. The van der Waals surface area contributed by atoms with Crippen molar-refractivity contribution in [2.45, 2.75) is 33.1 Å². The van der Waals surface area contributed by atoms with E-state index in [4.69, 9.17) is 9.26 Å². The third-order valence-corrected chi connectivity index (χ3v) is 4.69. The van der Waals surface area contributed by atoms with E-state index in [1.54, 1.807) is 25.2 Å². The molecule has 0 fully saturated rings. The van der Waals surface area contributed by atoms with Gasteiger partial charge in [0.2, 0.25) is 11.7 Å². The molecule has 0 saturated carbocycles. The molecule has 2 aromatic heterocycles. The number of aryl methyl sites for hydroxylation is 2. The molecule has 0 aliphatic heterocycles. The van der Waals surface area contributed by atoms with E-state index >= 15 is 0 Å². The van der Waals surface area contributed by atoms with Crippen molar-refractivity contribution in [1.82, 2.24) is 15.0 Å². The van der Waals surface area contributed by atoms with Gasteiger partial charge in [-0.2, -0.15) is 29.5 Å². The van der Waals surface area contributed by atoms with E-state index in [9.17, 15) is 13.2 Å². The number of halogens is 3. The molecule has 150 valence electrons. The maximum Gasteiger partial charge on any atom is 0.422 e. The van der Waals surface area contributed by atoms with Crippen LogP contribution in [-0.4, -0.2) is 34.9 Å². The summed E-state index contributed by atoms with van der Waals surface area (Å²) in [7, 11) is 1.91. The van der Waals surface area contributed by atoms with Crippen LogP contribution in [0.5, 0.6) is 5.75 Å². The summed E-state index contributed by atoms with van der Waals surface area (Å²) >= 11 is 1.56. The smallest absolute Gasteiger partial charge is 0.422 e. The second-order valence-electron chi connectivity index (χ2n) is 6.66. The average Bonchev–Trinajstić information content (AvgIpc) is 3.23. The molecule has 0 N–H and O–H groups in total. The predicted octanol–water partition coefficient (Wildman–Crippen LogP) is 4.99. The van der Waals surface area contributed by atoms with Crippen molar-refractivity contribution >= 4 is 11.3 Å². The number of hydrogen-bond donors (Lipinski definition) is 0. The fourth-order valence-electron chi connectivity index (χ4n) is 2.94. The van der Waals surface area contributed by atoms with Gasteiger partial charge in [-0.1, -0.05) is 17.3 Å². The van der Waals surface area contributed by atoms with Crippen molar-refractivity contribution in [3.63, 3.8) is 0 Å². The zero-order valence-corrected chi connectivity index (χ0v) is 16.5. The molecule has 0 atom stereocenters. The molecule has 0 amide bonds. The Kier molecular flexibility index (Phi) is 6.04. The zero-order chi connectivity index (χ0) is 20.3. The van der Waals surface area contributed by atoms with E-state index in [0.717, 1.165) is 11.1 Å². The molecule has 9 heteroatoms. The van der Waals surface area contributed by atoms with Gasteiger partial charge in [-0.3, -0.25) is 4.90 Å². The highest BCUT2D eigenvalue weighted by Gasteiger charge is 2.29. The van der Waals surface area contributed by atoms with Crippen molar-refractivity contribution < 1.29 is 22.4 Å². The van der Waals surface area contributed by atoms with Crippen LogP contribution in [-0.2, 0) is 13.1 Å². The van der Waals surface area contributed by atoms with Crippen LogP contribution >= 0.6 is 11.3 Å². The number of benzene rings is 1. The maximum atomic E-state index is 12.4. The number of ether oxygens (including phenoxy) is 1. The standard InChI is InChI=1S/C19H20F3N3O2S/c1-12-6-14(7-13(2)17(12)26-11-19(20,21)22)8-25(3)9-16-23-18(24-27-16)15-4-5-28-10-15/h4-7,10H,8-9,11H2,1-3H3. The normalized spacial score (nSPS) is 12.0. The monoisotopic (exact) mass is 411 g/mol. The van der Waals surface area contributed by atoms with Gasteiger partial charge in [0.25, 0.3) is 0 Å². The fraction of sp³-hybridized carbons (Fsp3) is 0.368. The van der Waals surface area contributed by atoms with E-state index in [1.165, 1.54) is 0 Å². The van der Waals surface area contributed by atoms with Gasteiger partial charge in [0.1, 0.15) is 5.75 Å². The van der Waals surface area contributed by atoms with Crippen LogP contribution in [0, 0.1) is 13.8 Å². The van der Waals surface area contributed by atoms with Gasteiger partial charge in [0.05, 0.1) is 6.54 Å². The third-order valence-electron chi connectivity index (χ3n) is 4.01. The van der Waals surface area contributed by atoms with Crippen LogP contribution in [0.1, 0.15) is 22.6 Å². The summed E-state index contributed by atoms with van der Waals surface area (Å²) in [5, 5.41) is 7.88. The predicted molar refractivity (Wildman–Crippen MR) is 100 cm³/mol. The van der Waals surface area contributed by atoms with Crippen molar-refractivity contribution in [3.8, 4) is 17.1 Å². The lowest BCUT2D eigenvalue weighted by Crippen LogP contribution is -2.20. The Balaban J connectivity index is 1.63. The van der Waals surface area contributed by atoms with Crippen LogP contribution in [0.4, 0.5) is 13.2 Å². The number of alkyl halides is 3. The molecule has 0 unspecified atom stereocenters. The lowest BCUT2D eigenvalue weighted by Gasteiger charge is -2.18. The molecular formula is C19H20F3N3O2S. The Morgan fingerprint density at radius 3 is 2.50 bits per heavy atom. The Morgan fingerprint density at radius 1 is 1.18 bits per heavy atom. The highest BCUT2D eigenvalue weighted by atomic mass is 32.1. The van der Waals surface area contributed by atoms with E-state index in [2.05, 4.69) is 10.1 Å². The number of hydrogen-bond acceptors (Lipinski definition) is 6. The molecule has 5 nitrogen and oxygen atoms in total. The molecule has 3 rings (SSSR count). The van der Waals surface area contributed by atoms with Crippen molar-refractivity contribution in [2.75, 3.05) is 13.7 Å². The zero-order valence-electron chi connectivity index (χ0n) is 15.7. The van der Waals surface area contributed by atoms with Crippen molar-refractivity contribution in [3.05, 3.63) is 51.5 Å². The van der Waals surface area contributed by atoms with E-state index in [1.807, 2.05) is 40.9 Å². The van der Waals surface area contributed by atoms with Gasteiger partial charge < -0.3 is 9.26 Å². The highest BCUT2D eigenvalue weighted by molar-refractivity contribution is 7.08. The Bertz CT molecular complexity index is 900. The molecule has 2 heterocycles. The fourth-order valence-corrected chi connectivity index (χ4v) is 3.57. The van der Waals surface area contributed by atoms with E-state index in [0.29, 0.717) is 35.9 Å². The average molecular weight is 411 g/mol. The lowest BCUT2D eigenvalue weighted by molar-refractivity contribution is -0.153. The van der Waals surface area contributed by atoms with Crippen molar-refractivity contribution in [1.29, 1.82) is 0 Å². The van der Waals surface area contributed by atoms with Crippen molar-refractivity contribution in [2.24, 2.45) is 0 Å². The van der Waals surface area contributed by atoms with E-state index in [-0.39, 0.29) is 5.75 Å². The van der Waals surface area contributed by atoms with Crippen LogP contribution in [0.3, 0.4) is 0 Å². The first-order valence-electron chi connectivity index (χ1n) is 8.54. The molecule has 0 bridgehead atoms. The Hall–Kier alpha value is -2.39. The summed E-state index contributed by atoms with van der Waals surface area (Å²) < 4.78 is 47.5. The number of thiophene rings is 1. The van der Waals surface area contributed by atoms with Gasteiger partial charge in [-0.25, -0.2) is 0 Å². The molecular weight excluding hydrogens is 391 g/mol. The Morgan fingerprint density at radius 2 is 1.89 bits per heavy atom. The number of rotatable bonds is 7. The highest BCUT2D eigenvalue weighted by Crippen LogP contribution is 2.28. The van der Waals surface area contributed by atoms with Crippen LogP contribution < -0.4 is 4.74 Å². The van der Waals surface area contributed by atoms with Gasteiger partial charge in [-0.05, 0) is 49.0 Å². The second kappa shape index (κ2) is 8.32. The van der Waals surface area contributed by atoms with Gasteiger partial charge in [0.15, 0.2) is 6.61 Å². The van der Waals surface area contributed by atoms with Gasteiger partial charge >= 0.3 is 6.18 Å². The molecule has 28 heavy (non-hydrogen) atoms. The SMILES string of the molecule is Cc1cc(CN(C)Cc2nc(-c3ccsc3)no2)cc(C)c1OCC(F)(F)F. The quantitative estimate of drug-likeness (QED) is 0.548. The van der Waals surface area contributed by atoms with Crippen LogP contribution in [0.15, 0.2) is 33.5 Å². The first-order chi connectivity index (χ1) is 13.2. The molecule has 0 radical (unpaired) electrons. The third kappa shape index (κ3) is 5.32. The minimum absolute atomic E-state index is 0.279. The summed E-state index contributed by atoms with van der Waals surface area (Å²) in [6, 6.07) is 5.59. The maximum absolute atomic E-state index is 12.4. The van der Waals surface area contributed by atoms with Crippen LogP contribution in [0.2, 0.25) is 0 Å². The minimum atomic E-state index is -4.36. The first-order valence-corrected chi connectivity index (χ1v) is 9.49. The lowest BCUT2D eigenvalue weighted by atomic mass is 10.1. The Labute approximate surface area is 164 Å². The summed E-state index contributed by atoms with van der Waals surface area (Å²) in [6.45, 7) is 3.23. The minimum Gasteiger partial charge on any atom is -0.484 e. The van der Waals surface area contributed by atoms with Crippen LogP contribution in [0.25, 0.3) is 11.4 Å². The van der Waals surface area contributed by atoms with E-state index < -0.39 is 12.8 Å². The van der Waals surface area contributed by atoms with Gasteiger partial charge in [-0.15, -0.1) is 0 Å². The largest absolute Gasteiger partial charge is 0.484 e. The summed E-state index contributed by atoms with van der Waals surface area (Å²) in [4.78, 5) is 6.39. The molecule has 0 saturated heterocycles. The molecule has 3 aromatic rings. The van der Waals surface area contributed by atoms with Gasteiger partial charge in [0, 0.05) is 17.5 Å².